The Hall–Kier alpha value is -3.16. The second kappa shape index (κ2) is 8.03. The lowest BCUT2D eigenvalue weighted by molar-refractivity contribution is -0.114. The number of benzene rings is 2. The van der Waals surface area contributed by atoms with Crippen molar-refractivity contribution < 1.29 is 18.4 Å². The van der Waals surface area contributed by atoms with Gasteiger partial charge in [-0.1, -0.05) is 0 Å². The van der Waals surface area contributed by atoms with E-state index in [1.165, 1.54) is 13.0 Å². The topological polar surface area (TPSA) is 64.7 Å². The van der Waals surface area contributed by atoms with Crippen LogP contribution in [-0.4, -0.2) is 43.0 Å². The van der Waals surface area contributed by atoms with Crippen LogP contribution in [0, 0.1) is 11.6 Å². The first-order chi connectivity index (χ1) is 12.9. The summed E-state index contributed by atoms with van der Waals surface area (Å²) in [5.74, 6) is -2.07. The minimum absolute atomic E-state index is 0.122. The molecule has 0 atom stereocenters. The fourth-order valence-electron chi connectivity index (χ4n) is 2.90. The smallest absolute Gasteiger partial charge is 0.321 e. The van der Waals surface area contributed by atoms with E-state index in [4.69, 9.17) is 0 Å². The van der Waals surface area contributed by atoms with Gasteiger partial charge in [0.25, 0.3) is 0 Å². The van der Waals surface area contributed by atoms with E-state index in [1.54, 1.807) is 4.90 Å². The molecule has 8 heteroatoms. The standard InChI is InChI=1S/C19H20F2N4O2/c1-13(26)22-14-2-5-16(6-3-14)24-8-10-25(11-9-24)19(27)23-15-4-7-17(20)18(21)12-15/h2-7,12H,8-11H2,1H3,(H,22,26)(H,23,27). The van der Waals surface area contributed by atoms with Crippen LogP contribution in [0.15, 0.2) is 42.5 Å². The summed E-state index contributed by atoms with van der Waals surface area (Å²) < 4.78 is 26.2. The van der Waals surface area contributed by atoms with Gasteiger partial charge in [-0.3, -0.25) is 4.79 Å². The lowest BCUT2D eigenvalue weighted by atomic mass is 10.2. The van der Waals surface area contributed by atoms with Crippen LogP contribution in [-0.2, 0) is 4.79 Å². The van der Waals surface area contributed by atoms with Crippen LogP contribution in [0.25, 0.3) is 0 Å². The van der Waals surface area contributed by atoms with Gasteiger partial charge in [-0.25, -0.2) is 13.6 Å². The molecule has 0 aromatic heterocycles. The van der Waals surface area contributed by atoms with Gasteiger partial charge >= 0.3 is 6.03 Å². The summed E-state index contributed by atoms with van der Waals surface area (Å²) in [6.45, 7) is 3.75. The Bertz CT molecular complexity index is 834. The molecule has 1 aliphatic rings. The molecule has 0 spiro atoms. The van der Waals surface area contributed by atoms with Crippen molar-refractivity contribution >= 4 is 29.0 Å². The van der Waals surface area contributed by atoms with Crippen molar-refractivity contribution in [3.63, 3.8) is 0 Å². The highest BCUT2D eigenvalue weighted by Crippen LogP contribution is 2.20. The summed E-state index contributed by atoms with van der Waals surface area (Å²) in [6, 6.07) is 10.4. The molecular formula is C19H20F2N4O2. The van der Waals surface area contributed by atoms with Gasteiger partial charge in [0.15, 0.2) is 11.6 Å². The third-order valence-corrected chi connectivity index (χ3v) is 4.29. The molecule has 2 aromatic rings. The third-order valence-electron chi connectivity index (χ3n) is 4.29. The largest absolute Gasteiger partial charge is 0.368 e. The van der Waals surface area contributed by atoms with Gasteiger partial charge in [-0.15, -0.1) is 0 Å². The fraction of sp³-hybridized carbons (Fsp3) is 0.263. The van der Waals surface area contributed by atoms with Crippen molar-refractivity contribution in [1.29, 1.82) is 0 Å². The van der Waals surface area contributed by atoms with Gasteiger partial charge in [-0.2, -0.15) is 0 Å². The first-order valence-electron chi connectivity index (χ1n) is 8.56. The van der Waals surface area contributed by atoms with Crippen molar-refractivity contribution in [2.75, 3.05) is 41.7 Å². The molecule has 0 radical (unpaired) electrons. The van der Waals surface area contributed by atoms with Gasteiger partial charge in [0.1, 0.15) is 0 Å². The Morgan fingerprint density at radius 1 is 0.852 bits per heavy atom. The van der Waals surface area contributed by atoms with Crippen LogP contribution in [0.4, 0.5) is 30.6 Å². The van der Waals surface area contributed by atoms with E-state index in [2.05, 4.69) is 15.5 Å². The molecule has 1 aliphatic heterocycles. The number of amides is 3. The van der Waals surface area contributed by atoms with Gasteiger partial charge in [-0.05, 0) is 36.4 Å². The number of nitrogens with zero attached hydrogens (tertiary/aromatic N) is 2. The molecular weight excluding hydrogens is 354 g/mol. The predicted molar refractivity (Wildman–Crippen MR) is 99.9 cm³/mol. The number of hydrogen-bond acceptors (Lipinski definition) is 3. The van der Waals surface area contributed by atoms with Crippen LogP contribution in [0.3, 0.4) is 0 Å². The van der Waals surface area contributed by atoms with E-state index in [-0.39, 0.29) is 17.6 Å². The highest BCUT2D eigenvalue weighted by Gasteiger charge is 2.21. The lowest BCUT2D eigenvalue weighted by Gasteiger charge is -2.36. The maximum absolute atomic E-state index is 13.2. The number of rotatable bonds is 3. The van der Waals surface area contributed by atoms with Crippen LogP contribution < -0.4 is 15.5 Å². The van der Waals surface area contributed by atoms with Crippen molar-refractivity contribution in [1.82, 2.24) is 4.90 Å². The van der Waals surface area contributed by atoms with Gasteiger partial charge in [0.2, 0.25) is 5.91 Å². The minimum atomic E-state index is -1.000. The Morgan fingerprint density at radius 2 is 1.48 bits per heavy atom. The molecule has 3 rings (SSSR count). The number of nitrogens with one attached hydrogen (secondary N) is 2. The van der Waals surface area contributed by atoms with Gasteiger partial charge in [0.05, 0.1) is 0 Å². The van der Waals surface area contributed by atoms with Crippen molar-refractivity contribution in [3.05, 3.63) is 54.1 Å². The molecule has 2 N–H and O–H groups in total. The number of halogens is 2. The normalized spacial score (nSPS) is 14.0. The Labute approximate surface area is 155 Å². The summed E-state index contributed by atoms with van der Waals surface area (Å²) in [6.07, 6.45) is 0. The molecule has 0 saturated carbocycles. The summed E-state index contributed by atoms with van der Waals surface area (Å²) >= 11 is 0. The van der Waals surface area contributed by atoms with Crippen LogP contribution >= 0.6 is 0 Å². The predicted octanol–water partition coefficient (Wildman–Crippen LogP) is 3.28. The zero-order chi connectivity index (χ0) is 19.4. The van der Waals surface area contributed by atoms with Crippen molar-refractivity contribution in [2.45, 2.75) is 6.92 Å². The van der Waals surface area contributed by atoms with E-state index >= 15 is 0 Å². The van der Waals surface area contributed by atoms with Crippen LogP contribution in [0.1, 0.15) is 6.92 Å². The molecule has 1 fully saturated rings. The number of urea groups is 1. The zero-order valence-electron chi connectivity index (χ0n) is 14.8. The summed E-state index contributed by atoms with van der Waals surface area (Å²) in [4.78, 5) is 27.1. The SMILES string of the molecule is CC(=O)Nc1ccc(N2CCN(C(=O)Nc3ccc(F)c(F)c3)CC2)cc1. The number of piperazine rings is 1. The molecule has 0 aliphatic carbocycles. The molecule has 0 unspecified atom stereocenters. The Balaban J connectivity index is 1.54. The van der Waals surface area contributed by atoms with Gasteiger partial charge < -0.3 is 20.4 Å². The second-order valence-corrected chi connectivity index (χ2v) is 6.26. The molecule has 142 valence electrons. The molecule has 3 amide bonds. The number of carbonyl (C=O) groups is 2. The highest BCUT2D eigenvalue weighted by atomic mass is 19.2. The molecule has 6 nitrogen and oxygen atoms in total. The summed E-state index contributed by atoms with van der Waals surface area (Å²) in [7, 11) is 0. The van der Waals surface area contributed by atoms with Crippen LogP contribution in [0.5, 0.6) is 0 Å². The third kappa shape index (κ3) is 4.72. The first kappa shape index (κ1) is 18.6. The van der Waals surface area contributed by atoms with E-state index in [9.17, 15) is 18.4 Å². The minimum Gasteiger partial charge on any atom is -0.368 e. The number of carbonyl (C=O) groups excluding carboxylic acids is 2. The van der Waals surface area contributed by atoms with E-state index in [0.717, 1.165) is 23.5 Å². The molecule has 2 aromatic carbocycles. The van der Waals surface area contributed by atoms with Crippen molar-refractivity contribution in [3.8, 4) is 0 Å². The van der Waals surface area contributed by atoms with Gasteiger partial charge in [0, 0.05) is 56.2 Å². The fourth-order valence-corrected chi connectivity index (χ4v) is 2.90. The van der Waals surface area contributed by atoms with E-state index in [1.807, 2.05) is 24.3 Å². The number of hydrogen-bond donors (Lipinski definition) is 2. The molecule has 1 heterocycles. The average Bonchev–Trinajstić information content (AvgIpc) is 2.65. The van der Waals surface area contributed by atoms with E-state index in [0.29, 0.717) is 26.2 Å². The summed E-state index contributed by atoms with van der Waals surface area (Å²) in [5.41, 5.74) is 1.95. The summed E-state index contributed by atoms with van der Waals surface area (Å²) in [5, 5.41) is 5.30. The molecule has 0 bridgehead atoms. The monoisotopic (exact) mass is 374 g/mol. The maximum atomic E-state index is 13.2. The quantitative estimate of drug-likeness (QED) is 0.867. The highest BCUT2D eigenvalue weighted by molar-refractivity contribution is 5.90. The first-order valence-corrected chi connectivity index (χ1v) is 8.56. The van der Waals surface area contributed by atoms with E-state index < -0.39 is 11.6 Å². The maximum Gasteiger partial charge on any atom is 0.321 e. The van der Waals surface area contributed by atoms with Crippen molar-refractivity contribution in [2.24, 2.45) is 0 Å². The molecule has 27 heavy (non-hydrogen) atoms. The zero-order valence-corrected chi connectivity index (χ0v) is 14.8. The van der Waals surface area contributed by atoms with Crippen LogP contribution in [0.2, 0.25) is 0 Å². The lowest BCUT2D eigenvalue weighted by Crippen LogP contribution is -2.50. The average molecular weight is 374 g/mol. The Morgan fingerprint density at radius 3 is 2.07 bits per heavy atom. The molecule has 1 saturated heterocycles. The number of anilines is 3. The Kier molecular flexibility index (Phi) is 5.54. The second-order valence-electron chi connectivity index (χ2n) is 6.26.